The average molecular weight is 297 g/mol. The van der Waals surface area contributed by atoms with Crippen molar-refractivity contribution in [3.63, 3.8) is 0 Å². The zero-order valence-corrected chi connectivity index (χ0v) is 10.4. The van der Waals surface area contributed by atoms with E-state index in [9.17, 15) is 4.39 Å². The Balaban J connectivity index is 2.23. The summed E-state index contributed by atoms with van der Waals surface area (Å²) < 4.78 is 13.7. The first-order valence-electron chi connectivity index (χ1n) is 4.63. The lowest BCUT2D eigenvalue weighted by Gasteiger charge is -1.92. The highest BCUT2D eigenvalue weighted by atomic mass is 79.9. The summed E-state index contributed by atoms with van der Waals surface area (Å²) in [5.41, 5.74) is 1.47. The summed E-state index contributed by atoms with van der Waals surface area (Å²) in [7, 11) is 0. The van der Waals surface area contributed by atoms with Crippen LogP contribution in [0.1, 0.15) is 0 Å². The lowest BCUT2D eigenvalue weighted by atomic mass is 10.3. The minimum atomic E-state index is -0.283. The van der Waals surface area contributed by atoms with Crippen molar-refractivity contribution in [1.29, 1.82) is 0 Å². The summed E-state index contributed by atoms with van der Waals surface area (Å²) in [5.74, 6) is 0.497. The second-order valence-corrected chi connectivity index (χ2v) is 5.15. The molecule has 16 heavy (non-hydrogen) atoms. The summed E-state index contributed by atoms with van der Waals surface area (Å²) in [6, 6.07) is 7.07. The number of nitrogens with one attached hydrogen (secondary N) is 1. The first-order chi connectivity index (χ1) is 7.74. The molecular weight excluding hydrogens is 291 g/mol. The number of benzene rings is 1. The standard InChI is InChI=1S/C11H6BrFN2S/c12-6-4-8-9(5-7(6)13)15-11(14-8)10-2-1-3-16-10/h1-5H,(H,14,15). The van der Waals surface area contributed by atoms with Gasteiger partial charge >= 0.3 is 0 Å². The molecule has 0 aliphatic heterocycles. The SMILES string of the molecule is Fc1cc2[nH]c(-c3cccs3)nc2cc1Br. The number of aromatic amines is 1. The van der Waals surface area contributed by atoms with E-state index in [2.05, 4.69) is 25.9 Å². The van der Waals surface area contributed by atoms with E-state index >= 15 is 0 Å². The van der Waals surface area contributed by atoms with E-state index in [1.165, 1.54) is 6.07 Å². The molecule has 0 bridgehead atoms. The van der Waals surface area contributed by atoms with E-state index in [1.54, 1.807) is 17.4 Å². The number of halogens is 2. The monoisotopic (exact) mass is 296 g/mol. The Morgan fingerprint density at radius 2 is 2.25 bits per heavy atom. The zero-order valence-electron chi connectivity index (χ0n) is 8.00. The van der Waals surface area contributed by atoms with Crippen LogP contribution in [-0.4, -0.2) is 9.97 Å². The van der Waals surface area contributed by atoms with Gasteiger partial charge in [-0.3, -0.25) is 0 Å². The third-order valence-corrected chi connectivity index (χ3v) is 3.76. The molecule has 0 radical (unpaired) electrons. The largest absolute Gasteiger partial charge is 0.337 e. The highest BCUT2D eigenvalue weighted by molar-refractivity contribution is 9.10. The number of fused-ring (bicyclic) bond motifs is 1. The van der Waals surface area contributed by atoms with Gasteiger partial charge in [-0.05, 0) is 33.4 Å². The fourth-order valence-electron chi connectivity index (χ4n) is 1.53. The van der Waals surface area contributed by atoms with E-state index in [4.69, 9.17) is 0 Å². The summed E-state index contributed by atoms with van der Waals surface area (Å²) in [5, 5.41) is 1.99. The Morgan fingerprint density at radius 3 is 3.00 bits per heavy atom. The predicted octanol–water partition coefficient (Wildman–Crippen LogP) is 4.19. The fraction of sp³-hybridized carbons (Fsp3) is 0. The van der Waals surface area contributed by atoms with Crippen LogP contribution >= 0.6 is 27.3 Å². The Hall–Kier alpha value is -1.20. The molecule has 0 saturated carbocycles. The van der Waals surface area contributed by atoms with E-state index < -0.39 is 0 Å². The third kappa shape index (κ3) is 1.56. The van der Waals surface area contributed by atoms with Crippen molar-refractivity contribution in [3.05, 3.63) is 39.9 Å². The highest BCUT2D eigenvalue weighted by Gasteiger charge is 2.08. The van der Waals surface area contributed by atoms with E-state index in [0.29, 0.717) is 9.99 Å². The van der Waals surface area contributed by atoms with Crippen molar-refractivity contribution < 1.29 is 4.39 Å². The summed E-state index contributed by atoms with van der Waals surface area (Å²) in [6.07, 6.45) is 0. The van der Waals surface area contributed by atoms with Crippen LogP contribution in [0.4, 0.5) is 4.39 Å². The number of nitrogens with zero attached hydrogens (tertiary/aromatic N) is 1. The normalized spacial score (nSPS) is 11.1. The quantitative estimate of drug-likeness (QED) is 0.716. The molecule has 80 valence electrons. The Morgan fingerprint density at radius 1 is 1.38 bits per heavy atom. The summed E-state index contributed by atoms with van der Waals surface area (Å²) >= 11 is 4.75. The summed E-state index contributed by atoms with van der Waals surface area (Å²) in [4.78, 5) is 8.57. The van der Waals surface area contributed by atoms with Gasteiger partial charge < -0.3 is 4.98 Å². The number of hydrogen-bond acceptors (Lipinski definition) is 2. The average Bonchev–Trinajstić information content (AvgIpc) is 2.86. The first kappa shape index (κ1) is 9.99. The number of thiophene rings is 1. The summed E-state index contributed by atoms with van der Waals surface area (Å²) in [6.45, 7) is 0. The molecule has 1 N–H and O–H groups in total. The molecule has 2 heterocycles. The molecule has 0 fully saturated rings. The molecule has 0 aliphatic carbocycles. The van der Waals surface area contributed by atoms with E-state index in [0.717, 1.165) is 16.2 Å². The molecule has 0 unspecified atom stereocenters. The zero-order chi connectivity index (χ0) is 11.1. The molecule has 0 spiro atoms. The molecule has 5 heteroatoms. The maximum atomic E-state index is 13.3. The van der Waals surface area contributed by atoms with Gasteiger partial charge in [0.05, 0.1) is 20.4 Å². The predicted molar refractivity (Wildman–Crippen MR) is 67.1 cm³/mol. The van der Waals surface area contributed by atoms with Crippen molar-refractivity contribution in [3.8, 4) is 10.7 Å². The van der Waals surface area contributed by atoms with Crippen LogP contribution < -0.4 is 0 Å². The molecule has 0 atom stereocenters. The highest BCUT2D eigenvalue weighted by Crippen LogP contribution is 2.27. The number of hydrogen-bond donors (Lipinski definition) is 1. The Kier molecular flexibility index (Phi) is 2.29. The van der Waals surface area contributed by atoms with E-state index in [-0.39, 0.29) is 5.82 Å². The third-order valence-electron chi connectivity index (χ3n) is 2.28. The van der Waals surface area contributed by atoms with Gasteiger partial charge in [-0.25, -0.2) is 9.37 Å². The second kappa shape index (κ2) is 3.68. The minimum absolute atomic E-state index is 0.283. The molecule has 2 aromatic heterocycles. The maximum Gasteiger partial charge on any atom is 0.148 e. The van der Waals surface area contributed by atoms with Gasteiger partial charge in [0.25, 0.3) is 0 Å². The van der Waals surface area contributed by atoms with Gasteiger partial charge in [0.15, 0.2) is 0 Å². The van der Waals surface area contributed by atoms with Crippen molar-refractivity contribution >= 4 is 38.3 Å². The van der Waals surface area contributed by atoms with Crippen molar-refractivity contribution in [2.75, 3.05) is 0 Å². The van der Waals surface area contributed by atoms with Gasteiger partial charge in [-0.1, -0.05) is 6.07 Å². The van der Waals surface area contributed by atoms with Crippen molar-refractivity contribution in [2.45, 2.75) is 0 Å². The number of aromatic nitrogens is 2. The van der Waals surface area contributed by atoms with Crippen LogP contribution in [0, 0.1) is 5.82 Å². The molecule has 0 amide bonds. The van der Waals surface area contributed by atoms with Crippen LogP contribution in [0.2, 0.25) is 0 Å². The van der Waals surface area contributed by atoms with Crippen LogP contribution in [0.3, 0.4) is 0 Å². The number of H-pyrrole nitrogens is 1. The van der Waals surface area contributed by atoms with Crippen LogP contribution in [0.25, 0.3) is 21.7 Å². The second-order valence-electron chi connectivity index (χ2n) is 3.35. The van der Waals surface area contributed by atoms with Gasteiger partial charge in [-0.15, -0.1) is 11.3 Å². The molecule has 0 saturated heterocycles. The van der Waals surface area contributed by atoms with Crippen molar-refractivity contribution in [2.24, 2.45) is 0 Å². The molecule has 1 aromatic carbocycles. The topological polar surface area (TPSA) is 28.7 Å². The molecule has 0 aliphatic rings. The fourth-order valence-corrected chi connectivity index (χ4v) is 2.54. The van der Waals surface area contributed by atoms with Gasteiger partial charge in [0.1, 0.15) is 11.6 Å². The molecule has 3 rings (SSSR count). The lowest BCUT2D eigenvalue weighted by Crippen LogP contribution is -1.77. The first-order valence-corrected chi connectivity index (χ1v) is 6.30. The van der Waals surface area contributed by atoms with Crippen LogP contribution in [-0.2, 0) is 0 Å². The number of rotatable bonds is 1. The minimum Gasteiger partial charge on any atom is -0.337 e. The van der Waals surface area contributed by atoms with Gasteiger partial charge in [0, 0.05) is 6.07 Å². The Bertz CT molecular complexity index is 606. The molecular formula is C11H6BrFN2S. The van der Waals surface area contributed by atoms with Crippen LogP contribution in [0.15, 0.2) is 34.1 Å². The number of imidazole rings is 1. The van der Waals surface area contributed by atoms with E-state index in [1.807, 2.05) is 17.5 Å². The molecule has 3 aromatic rings. The smallest absolute Gasteiger partial charge is 0.148 e. The van der Waals surface area contributed by atoms with Gasteiger partial charge in [0.2, 0.25) is 0 Å². The lowest BCUT2D eigenvalue weighted by molar-refractivity contribution is 0.623. The maximum absolute atomic E-state index is 13.3. The molecule has 2 nitrogen and oxygen atoms in total. The Labute approximate surface area is 103 Å². The van der Waals surface area contributed by atoms with Crippen LogP contribution in [0.5, 0.6) is 0 Å². The van der Waals surface area contributed by atoms with Gasteiger partial charge in [-0.2, -0.15) is 0 Å². The van der Waals surface area contributed by atoms with Crippen molar-refractivity contribution in [1.82, 2.24) is 9.97 Å².